The van der Waals surface area contributed by atoms with Crippen molar-refractivity contribution in [2.75, 3.05) is 27.9 Å². The molecule has 1 fully saturated rings. The Balaban J connectivity index is 2.43. The van der Waals surface area contributed by atoms with Crippen molar-refractivity contribution < 1.29 is 18.4 Å². The van der Waals surface area contributed by atoms with Crippen LogP contribution in [0, 0.1) is 5.92 Å². The number of aliphatic hydroxyl groups is 1. The van der Waals surface area contributed by atoms with Crippen molar-refractivity contribution in [3.05, 3.63) is 0 Å². The molecule has 0 spiro atoms. The van der Waals surface area contributed by atoms with Crippen molar-refractivity contribution in [1.29, 1.82) is 0 Å². The molecule has 6 heteroatoms. The number of hydrogen-bond acceptors (Lipinski definition) is 5. The average molecular weight is 305 g/mol. The lowest BCUT2D eigenvalue weighted by Gasteiger charge is -2.35. The third kappa shape index (κ3) is 5.09. The van der Waals surface area contributed by atoms with E-state index in [0.29, 0.717) is 5.92 Å². The molecule has 0 radical (unpaired) electrons. The minimum absolute atomic E-state index is 0.202. The van der Waals surface area contributed by atoms with Crippen molar-refractivity contribution in [2.45, 2.75) is 57.2 Å². The smallest absolute Gasteiger partial charge is 0.392 e. The summed E-state index contributed by atoms with van der Waals surface area (Å²) in [5.41, 5.74) is 0. The van der Waals surface area contributed by atoms with Gasteiger partial charge in [0.15, 0.2) is 0 Å². The van der Waals surface area contributed by atoms with Gasteiger partial charge < -0.3 is 23.7 Å². The van der Waals surface area contributed by atoms with Gasteiger partial charge >= 0.3 is 8.80 Å². The molecule has 1 aliphatic carbocycles. The molecule has 5 nitrogen and oxygen atoms in total. The highest BCUT2D eigenvalue weighted by Crippen LogP contribution is 2.30. The summed E-state index contributed by atoms with van der Waals surface area (Å²) in [6, 6.07) is 1.08. The Morgan fingerprint density at radius 2 is 1.80 bits per heavy atom. The van der Waals surface area contributed by atoms with E-state index in [2.05, 4.69) is 12.2 Å². The molecular weight excluding hydrogens is 274 g/mol. The lowest BCUT2D eigenvalue weighted by molar-refractivity contribution is 0.0664. The zero-order valence-corrected chi connectivity index (χ0v) is 14.4. The van der Waals surface area contributed by atoms with Crippen LogP contribution in [0.5, 0.6) is 0 Å². The normalized spacial score (nSPS) is 27.8. The summed E-state index contributed by atoms with van der Waals surface area (Å²) < 4.78 is 16.4. The Labute approximate surface area is 124 Å². The van der Waals surface area contributed by atoms with Gasteiger partial charge in [-0.3, -0.25) is 0 Å². The van der Waals surface area contributed by atoms with Crippen LogP contribution in [0.25, 0.3) is 0 Å². The Bertz CT molecular complexity index is 255. The number of rotatable bonds is 9. The third-order valence-corrected chi connectivity index (χ3v) is 7.14. The van der Waals surface area contributed by atoms with E-state index < -0.39 is 8.80 Å². The lowest BCUT2D eigenvalue weighted by atomic mass is 9.82. The molecule has 0 aromatic carbocycles. The van der Waals surface area contributed by atoms with Gasteiger partial charge in [-0.15, -0.1) is 0 Å². The Morgan fingerprint density at radius 3 is 2.35 bits per heavy atom. The van der Waals surface area contributed by atoms with E-state index in [0.717, 1.165) is 44.7 Å². The summed E-state index contributed by atoms with van der Waals surface area (Å²) in [6.07, 6.45) is 4.93. The van der Waals surface area contributed by atoms with Crippen LogP contribution in [0.3, 0.4) is 0 Å². The molecule has 0 heterocycles. The van der Waals surface area contributed by atoms with Gasteiger partial charge in [-0.2, -0.15) is 0 Å². The summed E-state index contributed by atoms with van der Waals surface area (Å²) in [4.78, 5) is 0. The van der Waals surface area contributed by atoms with Gasteiger partial charge in [0.2, 0.25) is 0 Å². The SMILES string of the molecule is CCCNC1CC(CC[Si](OC)(OC)OC)CCC1O. The van der Waals surface area contributed by atoms with Gasteiger partial charge in [0.05, 0.1) is 6.10 Å². The summed E-state index contributed by atoms with van der Waals surface area (Å²) >= 11 is 0. The van der Waals surface area contributed by atoms with E-state index in [4.69, 9.17) is 13.3 Å². The largest absolute Gasteiger partial charge is 0.500 e. The molecule has 3 atom stereocenters. The molecule has 1 rings (SSSR count). The number of nitrogens with one attached hydrogen (secondary N) is 1. The fourth-order valence-corrected chi connectivity index (χ4v) is 4.86. The van der Waals surface area contributed by atoms with Crippen molar-refractivity contribution >= 4 is 8.80 Å². The maximum Gasteiger partial charge on any atom is 0.500 e. The van der Waals surface area contributed by atoms with Gasteiger partial charge in [0.1, 0.15) is 0 Å². The summed E-state index contributed by atoms with van der Waals surface area (Å²) in [5, 5.41) is 13.5. The standard InChI is InChI=1S/C14H31NO4Si/c1-5-9-15-13-11-12(6-7-14(13)16)8-10-20(17-2,18-3)19-4/h12-16H,5-11H2,1-4H3. The van der Waals surface area contributed by atoms with Gasteiger partial charge in [-0.25, -0.2) is 0 Å². The van der Waals surface area contributed by atoms with Crippen LogP contribution in [-0.4, -0.2) is 53.9 Å². The lowest BCUT2D eigenvalue weighted by Crippen LogP contribution is -2.46. The van der Waals surface area contributed by atoms with Crippen molar-refractivity contribution in [2.24, 2.45) is 5.92 Å². The molecule has 0 aromatic heterocycles. The Kier molecular flexibility index (Phi) is 8.24. The molecule has 2 N–H and O–H groups in total. The van der Waals surface area contributed by atoms with E-state index in [9.17, 15) is 5.11 Å². The molecular formula is C14H31NO4Si. The highest BCUT2D eigenvalue weighted by molar-refractivity contribution is 6.60. The van der Waals surface area contributed by atoms with Crippen molar-refractivity contribution in [1.82, 2.24) is 5.32 Å². The van der Waals surface area contributed by atoms with Crippen LogP contribution in [0.2, 0.25) is 6.04 Å². The van der Waals surface area contributed by atoms with Crippen LogP contribution in [0.1, 0.15) is 39.0 Å². The fourth-order valence-electron chi connectivity index (χ4n) is 2.99. The predicted octanol–water partition coefficient (Wildman–Crippen LogP) is 1.78. The van der Waals surface area contributed by atoms with Crippen LogP contribution in [0.4, 0.5) is 0 Å². The highest BCUT2D eigenvalue weighted by atomic mass is 28.4. The van der Waals surface area contributed by atoms with Crippen molar-refractivity contribution in [3.8, 4) is 0 Å². The molecule has 0 aliphatic heterocycles. The molecule has 1 saturated carbocycles. The van der Waals surface area contributed by atoms with Crippen LogP contribution >= 0.6 is 0 Å². The first-order valence-electron chi connectivity index (χ1n) is 7.67. The van der Waals surface area contributed by atoms with Crippen LogP contribution in [-0.2, 0) is 13.3 Å². The fraction of sp³-hybridized carbons (Fsp3) is 1.00. The summed E-state index contributed by atoms with van der Waals surface area (Å²) in [7, 11) is 2.54. The quantitative estimate of drug-likeness (QED) is 0.636. The monoisotopic (exact) mass is 305 g/mol. The second-order valence-electron chi connectivity index (χ2n) is 5.64. The molecule has 0 amide bonds. The molecule has 0 aromatic rings. The molecule has 3 unspecified atom stereocenters. The number of aliphatic hydroxyl groups excluding tert-OH is 1. The van der Waals surface area contributed by atoms with Gasteiger partial charge in [-0.05, 0) is 44.6 Å². The number of hydrogen-bond donors (Lipinski definition) is 2. The molecule has 0 bridgehead atoms. The van der Waals surface area contributed by atoms with E-state index in [-0.39, 0.29) is 12.1 Å². The van der Waals surface area contributed by atoms with E-state index in [1.807, 2.05) is 0 Å². The van der Waals surface area contributed by atoms with Gasteiger partial charge in [0.25, 0.3) is 0 Å². The summed E-state index contributed by atoms with van der Waals surface area (Å²) in [5.74, 6) is 0.611. The first-order valence-corrected chi connectivity index (χ1v) is 9.60. The van der Waals surface area contributed by atoms with E-state index in [1.165, 1.54) is 0 Å². The maximum absolute atomic E-state index is 10.1. The summed E-state index contributed by atoms with van der Waals surface area (Å²) in [6.45, 7) is 3.12. The van der Waals surface area contributed by atoms with Gasteiger partial charge in [-0.1, -0.05) is 6.92 Å². The topological polar surface area (TPSA) is 60.0 Å². The van der Waals surface area contributed by atoms with Crippen LogP contribution < -0.4 is 5.32 Å². The van der Waals surface area contributed by atoms with Crippen molar-refractivity contribution in [3.63, 3.8) is 0 Å². The van der Waals surface area contributed by atoms with E-state index in [1.54, 1.807) is 21.3 Å². The third-order valence-electron chi connectivity index (χ3n) is 4.37. The first kappa shape index (κ1) is 18.1. The minimum Gasteiger partial charge on any atom is -0.392 e. The molecule has 1 aliphatic rings. The molecule has 0 saturated heterocycles. The minimum atomic E-state index is -2.45. The first-order chi connectivity index (χ1) is 9.60. The average Bonchev–Trinajstić information content (AvgIpc) is 2.49. The second-order valence-corrected chi connectivity index (χ2v) is 8.73. The molecule has 120 valence electrons. The maximum atomic E-state index is 10.1. The highest BCUT2D eigenvalue weighted by Gasteiger charge is 2.39. The van der Waals surface area contributed by atoms with Crippen LogP contribution in [0.15, 0.2) is 0 Å². The second kappa shape index (κ2) is 9.12. The Morgan fingerprint density at radius 1 is 1.15 bits per heavy atom. The zero-order valence-electron chi connectivity index (χ0n) is 13.4. The zero-order chi connectivity index (χ0) is 15.0. The predicted molar refractivity (Wildman–Crippen MR) is 81.6 cm³/mol. The van der Waals surface area contributed by atoms with Gasteiger partial charge in [0, 0.05) is 33.4 Å². The molecule has 20 heavy (non-hydrogen) atoms. The van der Waals surface area contributed by atoms with E-state index >= 15 is 0 Å². The Hall–Kier alpha value is 0.0169.